The van der Waals surface area contributed by atoms with E-state index in [1.165, 1.54) is 37.0 Å². The first-order valence-electron chi connectivity index (χ1n) is 11.9. The molecule has 0 bridgehead atoms. The first-order chi connectivity index (χ1) is 17.9. The van der Waals surface area contributed by atoms with Crippen LogP contribution in [0.1, 0.15) is 34.8 Å². The minimum atomic E-state index is -0.557. The normalized spacial score (nSPS) is 10.9. The lowest BCUT2D eigenvalue weighted by Gasteiger charge is -2.17. The zero-order chi connectivity index (χ0) is 26.5. The lowest BCUT2D eigenvalue weighted by atomic mass is 10.1. The van der Waals surface area contributed by atoms with Crippen molar-refractivity contribution < 1.29 is 18.7 Å². The summed E-state index contributed by atoms with van der Waals surface area (Å²) in [6, 6.07) is 15.8. The largest absolute Gasteiger partial charge is 0.493 e. The number of nitrogens with zero attached hydrogens (tertiary/aromatic N) is 2. The molecule has 0 spiro atoms. The van der Waals surface area contributed by atoms with Crippen LogP contribution in [0.25, 0.3) is 10.9 Å². The molecule has 0 unspecified atom stereocenters. The second kappa shape index (κ2) is 11.1. The molecule has 0 aliphatic rings. The van der Waals surface area contributed by atoms with Crippen LogP contribution in [0, 0.1) is 5.82 Å². The summed E-state index contributed by atoms with van der Waals surface area (Å²) in [5.74, 6) is 0.0915. The van der Waals surface area contributed by atoms with Crippen molar-refractivity contribution in [3.05, 3.63) is 104 Å². The minimum Gasteiger partial charge on any atom is -0.493 e. The summed E-state index contributed by atoms with van der Waals surface area (Å²) in [4.78, 5) is 39.4. The third-order valence-electron chi connectivity index (χ3n) is 6.05. The van der Waals surface area contributed by atoms with Crippen LogP contribution in [0.3, 0.4) is 0 Å². The number of nitrogens with one attached hydrogen (secondary N) is 1. The molecule has 3 aromatic carbocycles. The van der Waals surface area contributed by atoms with Gasteiger partial charge in [-0.25, -0.2) is 9.18 Å². The molecule has 1 amide bonds. The van der Waals surface area contributed by atoms with Gasteiger partial charge in [0.25, 0.3) is 11.5 Å². The van der Waals surface area contributed by atoms with E-state index in [0.29, 0.717) is 40.3 Å². The van der Waals surface area contributed by atoms with Crippen molar-refractivity contribution in [3.63, 3.8) is 0 Å². The summed E-state index contributed by atoms with van der Waals surface area (Å²) in [5.41, 5.74) is 1.01. The molecule has 4 rings (SSSR count). The van der Waals surface area contributed by atoms with Gasteiger partial charge in [-0.2, -0.15) is 0 Å². The summed E-state index contributed by atoms with van der Waals surface area (Å²) in [5, 5.41) is 3.07. The number of hydrogen-bond acceptors (Lipinski definition) is 5. The maximum Gasteiger partial charge on any atom is 0.332 e. The van der Waals surface area contributed by atoms with Crippen molar-refractivity contribution >= 4 is 16.8 Å². The first-order valence-corrected chi connectivity index (χ1v) is 11.9. The number of carbonyl (C=O) groups excluding carboxylic acids is 1. The molecule has 0 fully saturated rings. The van der Waals surface area contributed by atoms with Crippen LogP contribution in [-0.4, -0.2) is 35.8 Å². The first kappa shape index (κ1) is 25.7. The van der Waals surface area contributed by atoms with Gasteiger partial charge in [0.2, 0.25) is 0 Å². The van der Waals surface area contributed by atoms with E-state index in [-0.39, 0.29) is 24.4 Å². The number of benzene rings is 3. The zero-order valence-corrected chi connectivity index (χ0v) is 20.9. The highest BCUT2D eigenvalue weighted by Gasteiger charge is 2.18. The molecule has 1 N–H and O–H groups in total. The fourth-order valence-electron chi connectivity index (χ4n) is 4.14. The number of hydrogen-bond donors (Lipinski definition) is 1. The van der Waals surface area contributed by atoms with E-state index in [1.807, 2.05) is 6.92 Å². The molecule has 0 atom stereocenters. The fraction of sp³-hybridized carbons (Fsp3) is 0.250. The molecule has 0 saturated carbocycles. The van der Waals surface area contributed by atoms with Crippen molar-refractivity contribution in [2.45, 2.75) is 26.4 Å². The number of halogens is 1. The standard InChI is InChI=1S/C28H28FN3O5/c1-4-12-30-26(33)20-10-8-18(9-11-20)16-32-27(34)22-14-24(36-2)25(37-3)15-23(22)31(28(32)35)17-19-6-5-7-21(29)13-19/h5-11,13-15H,4,12,16-17H2,1-3H3,(H,30,33). The smallest absolute Gasteiger partial charge is 0.332 e. The Morgan fingerprint density at radius 1 is 0.892 bits per heavy atom. The summed E-state index contributed by atoms with van der Waals surface area (Å²) in [7, 11) is 2.93. The maximum absolute atomic E-state index is 13.9. The highest BCUT2D eigenvalue weighted by atomic mass is 19.1. The van der Waals surface area contributed by atoms with Crippen molar-refractivity contribution in [3.8, 4) is 11.5 Å². The molecule has 0 aliphatic heterocycles. The van der Waals surface area contributed by atoms with Gasteiger partial charge >= 0.3 is 5.69 Å². The highest BCUT2D eigenvalue weighted by Crippen LogP contribution is 2.30. The molecule has 192 valence electrons. The molecule has 37 heavy (non-hydrogen) atoms. The second-order valence-electron chi connectivity index (χ2n) is 8.57. The van der Waals surface area contributed by atoms with Crippen molar-refractivity contribution in [2.24, 2.45) is 0 Å². The number of aromatic nitrogens is 2. The molecule has 0 aliphatic carbocycles. The molecular formula is C28H28FN3O5. The van der Waals surface area contributed by atoms with E-state index in [9.17, 15) is 18.8 Å². The average Bonchev–Trinajstić information content (AvgIpc) is 2.91. The Morgan fingerprint density at radius 3 is 2.22 bits per heavy atom. The van der Waals surface area contributed by atoms with Crippen molar-refractivity contribution in [2.75, 3.05) is 20.8 Å². The van der Waals surface area contributed by atoms with Crippen LogP contribution in [0.5, 0.6) is 11.5 Å². The predicted molar refractivity (Wildman–Crippen MR) is 139 cm³/mol. The van der Waals surface area contributed by atoms with Crippen LogP contribution in [0.2, 0.25) is 0 Å². The summed E-state index contributed by atoms with van der Waals surface area (Å²) in [6.45, 7) is 2.57. The van der Waals surface area contributed by atoms with Gasteiger partial charge in [0, 0.05) is 18.2 Å². The Hall–Kier alpha value is -4.40. The lowest BCUT2D eigenvalue weighted by molar-refractivity contribution is 0.0953. The van der Waals surface area contributed by atoms with E-state index in [4.69, 9.17) is 9.47 Å². The van der Waals surface area contributed by atoms with Crippen LogP contribution < -0.4 is 26.0 Å². The van der Waals surface area contributed by atoms with Crippen LogP contribution in [0.15, 0.2) is 70.3 Å². The molecule has 1 aromatic heterocycles. The SMILES string of the molecule is CCCNC(=O)c1ccc(Cn2c(=O)c3cc(OC)c(OC)cc3n(Cc3cccc(F)c3)c2=O)cc1. The minimum absolute atomic E-state index is 0.0119. The van der Waals surface area contributed by atoms with Gasteiger partial charge < -0.3 is 14.8 Å². The Kier molecular flexibility index (Phi) is 7.71. The van der Waals surface area contributed by atoms with E-state index in [1.54, 1.807) is 42.5 Å². The van der Waals surface area contributed by atoms with Gasteiger partial charge in [-0.1, -0.05) is 31.2 Å². The molecular weight excluding hydrogens is 477 g/mol. The third kappa shape index (κ3) is 5.40. The van der Waals surface area contributed by atoms with E-state index in [2.05, 4.69) is 5.32 Å². The topological polar surface area (TPSA) is 91.6 Å². The number of amides is 1. The number of ether oxygens (including phenoxy) is 2. The molecule has 8 nitrogen and oxygen atoms in total. The van der Waals surface area contributed by atoms with Crippen LogP contribution in [0.4, 0.5) is 4.39 Å². The van der Waals surface area contributed by atoms with Gasteiger partial charge in [-0.15, -0.1) is 0 Å². The Morgan fingerprint density at radius 2 is 1.57 bits per heavy atom. The van der Waals surface area contributed by atoms with Crippen LogP contribution in [-0.2, 0) is 13.1 Å². The van der Waals surface area contributed by atoms with Crippen molar-refractivity contribution in [1.29, 1.82) is 0 Å². The number of fused-ring (bicyclic) bond motifs is 1. The third-order valence-corrected chi connectivity index (χ3v) is 6.05. The van der Waals surface area contributed by atoms with E-state index >= 15 is 0 Å². The predicted octanol–water partition coefficient (Wildman–Crippen LogP) is 3.56. The quantitative estimate of drug-likeness (QED) is 0.376. The molecule has 9 heteroatoms. The number of rotatable bonds is 9. The van der Waals surface area contributed by atoms with E-state index in [0.717, 1.165) is 11.0 Å². The average molecular weight is 506 g/mol. The maximum atomic E-state index is 13.9. The van der Waals surface area contributed by atoms with Crippen LogP contribution >= 0.6 is 0 Å². The van der Waals surface area contributed by atoms with E-state index < -0.39 is 17.1 Å². The highest BCUT2D eigenvalue weighted by molar-refractivity contribution is 5.94. The second-order valence-corrected chi connectivity index (χ2v) is 8.57. The summed E-state index contributed by atoms with van der Waals surface area (Å²) >= 11 is 0. The Labute approximate surface area is 212 Å². The lowest BCUT2D eigenvalue weighted by Crippen LogP contribution is -2.40. The van der Waals surface area contributed by atoms with Gasteiger partial charge in [-0.3, -0.25) is 18.7 Å². The fourth-order valence-corrected chi connectivity index (χ4v) is 4.14. The molecule has 4 aromatic rings. The van der Waals surface area contributed by atoms with Gasteiger partial charge in [0.15, 0.2) is 11.5 Å². The summed E-state index contributed by atoms with van der Waals surface area (Å²) < 4.78 is 27.2. The van der Waals surface area contributed by atoms with Gasteiger partial charge in [0.1, 0.15) is 5.82 Å². The monoisotopic (exact) mass is 505 g/mol. The number of carbonyl (C=O) groups is 1. The molecule has 0 radical (unpaired) electrons. The van der Waals surface area contributed by atoms with Gasteiger partial charge in [0.05, 0.1) is 38.2 Å². The summed E-state index contributed by atoms with van der Waals surface area (Å²) in [6.07, 6.45) is 0.827. The Bertz CT molecular complexity index is 1560. The molecule has 1 heterocycles. The molecule has 0 saturated heterocycles. The number of methoxy groups -OCH3 is 2. The van der Waals surface area contributed by atoms with Gasteiger partial charge in [-0.05, 0) is 47.9 Å². The zero-order valence-electron chi connectivity index (χ0n) is 20.9. The Balaban J connectivity index is 1.83. The van der Waals surface area contributed by atoms with Crippen molar-refractivity contribution in [1.82, 2.24) is 14.5 Å².